The van der Waals surface area contributed by atoms with Crippen LogP contribution in [0.5, 0.6) is 5.88 Å². The maximum Gasteiger partial charge on any atom is 0.213 e. The van der Waals surface area contributed by atoms with Crippen LogP contribution in [0.25, 0.3) is 0 Å². The Bertz CT molecular complexity index is 670. The zero-order valence-corrected chi connectivity index (χ0v) is 15.1. The third kappa shape index (κ3) is 4.45. The Balaban J connectivity index is 0.00000208. The van der Waals surface area contributed by atoms with E-state index in [1.54, 1.807) is 19.4 Å². The normalized spacial score (nSPS) is 18.9. The molecule has 0 bridgehead atoms. The summed E-state index contributed by atoms with van der Waals surface area (Å²) < 4.78 is 18.5. The van der Waals surface area contributed by atoms with Crippen LogP contribution in [0.15, 0.2) is 36.7 Å². The van der Waals surface area contributed by atoms with E-state index in [1.807, 2.05) is 18.2 Å². The van der Waals surface area contributed by atoms with Gasteiger partial charge in [-0.05, 0) is 49.9 Å². The van der Waals surface area contributed by atoms with Gasteiger partial charge in [0.25, 0.3) is 0 Å². The lowest BCUT2D eigenvalue weighted by Crippen LogP contribution is -2.25. The molecule has 0 spiro atoms. The van der Waals surface area contributed by atoms with Gasteiger partial charge < -0.3 is 4.74 Å². The Morgan fingerprint density at radius 3 is 2.96 bits per heavy atom. The quantitative estimate of drug-likeness (QED) is 0.830. The van der Waals surface area contributed by atoms with Gasteiger partial charge in [-0.1, -0.05) is 6.07 Å². The second-order valence-corrected chi connectivity index (χ2v) is 6.15. The Morgan fingerprint density at radius 2 is 2.21 bits per heavy atom. The zero-order chi connectivity index (χ0) is 16.2. The first-order valence-corrected chi connectivity index (χ1v) is 8.00. The molecule has 1 aliphatic heterocycles. The van der Waals surface area contributed by atoms with Crippen LogP contribution in [0.1, 0.15) is 30.6 Å². The molecule has 6 heteroatoms. The summed E-state index contributed by atoms with van der Waals surface area (Å²) in [5, 5.41) is 0. The highest BCUT2D eigenvalue weighted by Gasteiger charge is 2.27. The topological polar surface area (TPSA) is 38.2 Å². The van der Waals surface area contributed by atoms with Crippen molar-refractivity contribution >= 4 is 13.5 Å². The fourth-order valence-corrected chi connectivity index (χ4v) is 3.25. The predicted molar refractivity (Wildman–Crippen MR) is 97.2 cm³/mol. The van der Waals surface area contributed by atoms with Crippen molar-refractivity contribution in [2.45, 2.75) is 25.8 Å². The molecule has 2 aromatic heterocycles. The van der Waals surface area contributed by atoms with Gasteiger partial charge in [0.15, 0.2) is 0 Å². The van der Waals surface area contributed by atoms with Gasteiger partial charge in [0, 0.05) is 24.8 Å². The molecule has 3 heterocycles. The average molecular weight is 349 g/mol. The van der Waals surface area contributed by atoms with Crippen LogP contribution in [0.4, 0.5) is 4.39 Å². The van der Waals surface area contributed by atoms with Gasteiger partial charge in [-0.25, -0.2) is 9.37 Å². The average Bonchev–Trinajstić information content (AvgIpc) is 3.02. The number of nitrogens with zero attached hydrogens (tertiary/aromatic N) is 3. The highest BCUT2D eigenvalue weighted by molar-refractivity contribution is 7.59. The lowest BCUT2D eigenvalue weighted by Gasteiger charge is -2.24. The SMILES string of the molecule is COc1cccc(C(C)N2CC[C@H](Cc3cncc(F)c3)C2)n1.S. The van der Waals surface area contributed by atoms with Crippen molar-refractivity contribution < 1.29 is 9.13 Å². The van der Waals surface area contributed by atoms with E-state index in [1.165, 1.54) is 6.20 Å². The molecule has 0 radical (unpaired) electrons. The Kier molecular flexibility index (Phi) is 6.57. The monoisotopic (exact) mass is 349 g/mol. The molecule has 1 saturated heterocycles. The predicted octanol–water partition coefficient (Wildman–Crippen LogP) is 3.36. The van der Waals surface area contributed by atoms with E-state index in [2.05, 4.69) is 21.8 Å². The fourth-order valence-electron chi connectivity index (χ4n) is 3.25. The molecule has 1 unspecified atom stereocenters. The van der Waals surface area contributed by atoms with E-state index in [4.69, 9.17) is 4.74 Å². The van der Waals surface area contributed by atoms with E-state index < -0.39 is 0 Å². The summed E-state index contributed by atoms with van der Waals surface area (Å²) in [6.45, 7) is 4.21. The first kappa shape index (κ1) is 18.7. The minimum Gasteiger partial charge on any atom is -0.481 e. The molecular weight excluding hydrogens is 325 g/mol. The van der Waals surface area contributed by atoms with Crippen LogP contribution >= 0.6 is 13.5 Å². The Labute approximate surface area is 149 Å². The lowest BCUT2D eigenvalue weighted by molar-refractivity contribution is 0.246. The molecule has 24 heavy (non-hydrogen) atoms. The minimum atomic E-state index is -0.258. The van der Waals surface area contributed by atoms with E-state index in [0.29, 0.717) is 11.8 Å². The van der Waals surface area contributed by atoms with Crippen molar-refractivity contribution in [3.8, 4) is 5.88 Å². The van der Waals surface area contributed by atoms with Crippen molar-refractivity contribution in [3.63, 3.8) is 0 Å². The summed E-state index contributed by atoms with van der Waals surface area (Å²) in [5.74, 6) is 0.925. The fraction of sp³-hybridized carbons (Fsp3) is 0.444. The second-order valence-electron chi connectivity index (χ2n) is 6.15. The van der Waals surface area contributed by atoms with Crippen molar-refractivity contribution in [1.82, 2.24) is 14.9 Å². The van der Waals surface area contributed by atoms with Gasteiger partial charge >= 0.3 is 0 Å². The van der Waals surface area contributed by atoms with Gasteiger partial charge in [0.1, 0.15) is 5.82 Å². The number of ether oxygens (including phenoxy) is 1. The van der Waals surface area contributed by atoms with E-state index in [-0.39, 0.29) is 25.4 Å². The molecule has 2 aromatic rings. The van der Waals surface area contributed by atoms with Gasteiger partial charge in [0.05, 0.1) is 19.0 Å². The molecule has 0 N–H and O–H groups in total. The molecule has 130 valence electrons. The maximum atomic E-state index is 13.2. The highest BCUT2D eigenvalue weighted by atomic mass is 32.1. The summed E-state index contributed by atoms with van der Waals surface area (Å²) in [4.78, 5) is 10.9. The smallest absolute Gasteiger partial charge is 0.213 e. The second kappa shape index (κ2) is 8.44. The molecule has 3 rings (SSSR count). The molecule has 0 aromatic carbocycles. The van der Waals surface area contributed by atoms with Crippen LogP contribution in [-0.2, 0) is 6.42 Å². The van der Waals surface area contributed by atoms with Crippen LogP contribution in [0.3, 0.4) is 0 Å². The number of hydrogen-bond acceptors (Lipinski definition) is 4. The first-order valence-electron chi connectivity index (χ1n) is 8.00. The van der Waals surface area contributed by atoms with Gasteiger partial charge in [0.2, 0.25) is 5.88 Å². The van der Waals surface area contributed by atoms with Crippen LogP contribution < -0.4 is 4.74 Å². The van der Waals surface area contributed by atoms with E-state index in [9.17, 15) is 4.39 Å². The third-order valence-electron chi connectivity index (χ3n) is 4.53. The molecular formula is C18H24FN3OS. The number of pyridine rings is 2. The van der Waals surface area contributed by atoms with E-state index >= 15 is 0 Å². The van der Waals surface area contributed by atoms with E-state index in [0.717, 1.165) is 37.2 Å². The largest absolute Gasteiger partial charge is 0.481 e. The minimum absolute atomic E-state index is 0. The van der Waals surface area contributed by atoms with Crippen molar-refractivity contribution in [1.29, 1.82) is 0 Å². The highest BCUT2D eigenvalue weighted by Crippen LogP contribution is 2.29. The number of halogens is 1. The van der Waals surface area contributed by atoms with Crippen molar-refractivity contribution in [2.24, 2.45) is 5.92 Å². The molecule has 0 saturated carbocycles. The number of hydrogen-bond donors (Lipinski definition) is 0. The molecule has 1 fully saturated rings. The van der Waals surface area contributed by atoms with Crippen LogP contribution in [-0.4, -0.2) is 35.1 Å². The van der Waals surface area contributed by atoms with Crippen LogP contribution in [0, 0.1) is 11.7 Å². The maximum absolute atomic E-state index is 13.2. The van der Waals surface area contributed by atoms with Gasteiger partial charge in [-0.15, -0.1) is 0 Å². The van der Waals surface area contributed by atoms with Crippen molar-refractivity contribution in [2.75, 3.05) is 20.2 Å². The molecule has 0 aliphatic carbocycles. The van der Waals surface area contributed by atoms with Gasteiger partial charge in [-0.3, -0.25) is 9.88 Å². The molecule has 0 amide bonds. The molecule has 4 nitrogen and oxygen atoms in total. The molecule has 1 aliphatic rings. The summed E-state index contributed by atoms with van der Waals surface area (Å²) in [5.41, 5.74) is 2.00. The first-order chi connectivity index (χ1) is 11.2. The summed E-state index contributed by atoms with van der Waals surface area (Å²) >= 11 is 0. The third-order valence-corrected chi connectivity index (χ3v) is 4.53. The summed E-state index contributed by atoms with van der Waals surface area (Å²) in [6.07, 6.45) is 5.00. The standard InChI is InChI=1S/C18H22FN3O.H2S/c1-13(17-4-3-5-18(21-17)23-2)22-7-6-14(12-22)8-15-9-16(19)11-20-10-15;/h3-5,9-11,13-14H,6-8,12H2,1-2H3;1H2/t13?,14-;/m1./s1. The lowest BCUT2D eigenvalue weighted by atomic mass is 10.00. The van der Waals surface area contributed by atoms with Gasteiger partial charge in [-0.2, -0.15) is 13.5 Å². The summed E-state index contributed by atoms with van der Waals surface area (Å²) in [6, 6.07) is 7.71. The molecule has 2 atom stereocenters. The zero-order valence-electron chi connectivity index (χ0n) is 14.1. The van der Waals surface area contributed by atoms with Crippen LogP contribution in [0.2, 0.25) is 0 Å². The van der Waals surface area contributed by atoms with Crippen molar-refractivity contribution in [3.05, 3.63) is 53.7 Å². The number of aromatic nitrogens is 2. The Morgan fingerprint density at radius 1 is 1.38 bits per heavy atom. The summed E-state index contributed by atoms with van der Waals surface area (Å²) in [7, 11) is 1.63. The Hall–Kier alpha value is -1.66. The number of likely N-dealkylation sites (tertiary alicyclic amines) is 1. The number of rotatable bonds is 5. The number of methoxy groups -OCH3 is 1.